The summed E-state index contributed by atoms with van der Waals surface area (Å²) in [7, 11) is 0. The minimum Gasteiger partial charge on any atom is -0.493 e. The number of carbonyl (C=O) groups is 2. The first kappa shape index (κ1) is 19.3. The Balaban J connectivity index is 1.89. The summed E-state index contributed by atoms with van der Waals surface area (Å²) in [5.41, 5.74) is 0. The van der Waals surface area contributed by atoms with E-state index in [0.717, 1.165) is 25.0 Å². The Morgan fingerprint density at radius 1 is 1.20 bits per heavy atom. The maximum Gasteiger partial charge on any atom is 0.225 e. The van der Waals surface area contributed by atoms with Gasteiger partial charge in [-0.2, -0.15) is 0 Å². The number of para-hydroxylation sites is 1. The number of carbonyl (C=O) groups excluding carboxylic acids is 2. The summed E-state index contributed by atoms with van der Waals surface area (Å²) < 4.78 is 5.84. The Labute approximate surface area is 150 Å². The highest BCUT2D eigenvalue weighted by atomic mass is 16.5. The third kappa shape index (κ3) is 6.40. The molecule has 3 atom stereocenters. The van der Waals surface area contributed by atoms with E-state index in [-0.39, 0.29) is 29.7 Å². The van der Waals surface area contributed by atoms with Crippen molar-refractivity contribution in [1.82, 2.24) is 10.6 Å². The summed E-state index contributed by atoms with van der Waals surface area (Å²) >= 11 is 0. The van der Waals surface area contributed by atoms with Crippen molar-refractivity contribution in [2.75, 3.05) is 13.2 Å². The van der Waals surface area contributed by atoms with Crippen molar-refractivity contribution in [2.45, 2.75) is 46.1 Å². The summed E-state index contributed by atoms with van der Waals surface area (Å²) in [5, 5.41) is 5.97. The van der Waals surface area contributed by atoms with Crippen molar-refractivity contribution in [3.63, 3.8) is 0 Å². The van der Waals surface area contributed by atoms with Crippen molar-refractivity contribution in [1.29, 1.82) is 0 Å². The molecule has 2 N–H and O–H groups in total. The van der Waals surface area contributed by atoms with Crippen molar-refractivity contribution in [2.24, 2.45) is 17.8 Å². The number of rotatable bonds is 8. The number of hydrogen-bond donors (Lipinski definition) is 2. The fraction of sp³-hybridized carbons (Fsp3) is 0.600. The predicted molar refractivity (Wildman–Crippen MR) is 98.2 cm³/mol. The van der Waals surface area contributed by atoms with Crippen molar-refractivity contribution >= 4 is 11.8 Å². The molecule has 5 nitrogen and oxygen atoms in total. The Morgan fingerprint density at radius 2 is 1.92 bits per heavy atom. The normalized spacial score (nSPS) is 22.6. The van der Waals surface area contributed by atoms with Gasteiger partial charge in [-0.3, -0.25) is 9.59 Å². The lowest BCUT2D eigenvalue weighted by molar-refractivity contribution is -0.126. The molecule has 138 valence electrons. The van der Waals surface area contributed by atoms with Crippen LogP contribution in [0.25, 0.3) is 0 Å². The summed E-state index contributed by atoms with van der Waals surface area (Å²) in [6, 6.07) is 9.57. The van der Waals surface area contributed by atoms with E-state index in [4.69, 9.17) is 4.74 Å². The molecule has 0 heterocycles. The van der Waals surface area contributed by atoms with Gasteiger partial charge in [-0.15, -0.1) is 0 Å². The summed E-state index contributed by atoms with van der Waals surface area (Å²) in [6.45, 7) is 7.03. The maximum atomic E-state index is 12.5. The minimum absolute atomic E-state index is 0.0432. The number of benzene rings is 1. The van der Waals surface area contributed by atoms with Crippen molar-refractivity contribution in [3.8, 4) is 5.75 Å². The fourth-order valence-corrected chi connectivity index (χ4v) is 3.34. The number of nitrogens with one attached hydrogen (secondary N) is 2. The maximum absolute atomic E-state index is 12.5. The first-order valence-corrected chi connectivity index (χ1v) is 9.18. The van der Waals surface area contributed by atoms with Crippen LogP contribution in [0, 0.1) is 17.8 Å². The molecule has 1 saturated carbocycles. The molecular weight excluding hydrogens is 316 g/mol. The van der Waals surface area contributed by atoms with Gasteiger partial charge in [0.15, 0.2) is 0 Å². The van der Waals surface area contributed by atoms with Gasteiger partial charge in [0.2, 0.25) is 11.8 Å². The minimum atomic E-state index is -0.180. The number of ether oxygens (including phenoxy) is 1. The summed E-state index contributed by atoms with van der Waals surface area (Å²) in [5.74, 6) is 1.43. The van der Waals surface area contributed by atoms with Crippen LogP contribution in [0.4, 0.5) is 0 Å². The second-order valence-electron chi connectivity index (χ2n) is 7.35. The summed E-state index contributed by atoms with van der Waals surface area (Å²) in [4.78, 5) is 24.0. The Kier molecular flexibility index (Phi) is 7.29. The SMILES string of the molecule is CC(=O)N[C@@H]1C[C@H](COc2ccccc2)C[C@H]1C(=O)NCCC(C)C. The Hall–Kier alpha value is -2.04. The molecule has 2 amide bonds. The van der Waals surface area contributed by atoms with Gasteiger partial charge in [0.1, 0.15) is 5.75 Å². The molecule has 0 radical (unpaired) electrons. The molecule has 2 rings (SSSR count). The van der Waals surface area contributed by atoms with Crippen LogP contribution in [0.1, 0.15) is 40.0 Å². The van der Waals surface area contributed by atoms with E-state index in [0.29, 0.717) is 19.1 Å². The average Bonchev–Trinajstić information content (AvgIpc) is 2.95. The van der Waals surface area contributed by atoms with Gasteiger partial charge in [0.05, 0.1) is 12.5 Å². The highest BCUT2D eigenvalue weighted by Gasteiger charge is 2.39. The third-order valence-corrected chi connectivity index (χ3v) is 4.64. The zero-order valence-corrected chi connectivity index (χ0v) is 15.5. The molecular formula is C20H30N2O3. The van der Waals surface area contributed by atoms with Gasteiger partial charge in [-0.25, -0.2) is 0 Å². The van der Waals surface area contributed by atoms with Crippen LogP contribution < -0.4 is 15.4 Å². The molecule has 0 spiro atoms. The summed E-state index contributed by atoms with van der Waals surface area (Å²) in [6.07, 6.45) is 2.48. The van der Waals surface area contributed by atoms with Gasteiger partial charge in [0, 0.05) is 19.5 Å². The van der Waals surface area contributed by atoms with E-state index in [2.05, 4.69) is 24.5 Å². The molecule has 25 heavy (non-hydrogen) atoms. The second kappa shape index (κ2) is 9.44. The molecule has 0 aromatic heterocycles. The standard InChI is InChI=1S/C20H30N2O3/c1-14(2)9-10-21-20(24)18-11-16(12-19(18)22-15(3)23)13-25-17-7-5-4-6-8-17/h4-8,14,16,18-19H,9-13H2,1-3H3,(H,21,24)(H,22,23)/t16-,18-,19-/m1/s1. The third-order valence-electron chi connectivity index (χ3n) is 4.64. The van der Waals surface area contributed by atoms with Crippen LogP contribution in [0.3, 0.4) is 0 Å². The Morgan fingerprint density at radius 3 is 2.56 bits per heavy atom. The average molecular weight is 346 g/mol. The van der Waals surface area contributed by atoms with E-state index in [9.17, 15) is 9.59 Å². The molecule has 0 unspecified atom stereocenters. The Bertz CT molecular complexity index is 559. The first-order valence-electron chi connectivity index (χ1n) is 9.18. The van der Waals surface area contributed by atoms with Gasteiger partial charge >= 0.3 is 0 Å². The lowest BCUT2D eigenvalue weighted by Crippen LogP contribution is -2.43. The second-order valence-corrected chi connectivity index (χ2v) is 7.35. The monoisotopic (exact) mass is 346 g/mol. The molecule has 1 fully saturated rings. The molecule has 0 aliphatic heterocycles. The molecule has 1 aliphatic carbocycles. The van der Waals surface area contributed by atoms with Crippen LogP contribution in [0.5, 0.6) is 5.75 Å². The quantitative estimate of drug-likeness (QED) is 0.760. The van der Waals surface area contributed by atoms with E-state index in [1.807, 2.05) is 30.3 Å². The van der Waals surface area contributed by atoms with E-state index >= 15 is 0 Å². The molecule has 0 bridgehead atoms. The predicted octanol–water partition coefficient (Wildman–Crippen LogP) is 2.76. The molecule has 1 aromatic rings. The number of amides is 2. The van der Waals surface area contributed by atoms with Crippen LogP contribution in [-0.4, -0.2) is 31.0 Å². The van der Waals surface area contributed by atoms with Crippen LogP contribution in [-0.2, 0) is 9.59 Å². The zero-order chi connectivity index (χ0) is 18.2. The first-order chi connectivity index (χ1) is 12.0. The van der Waals surface area contributed by atoms with Crippen LogP contribution in [0.2, 0.25) is 0 Å². The van der Waals surface area contributed by atoms with E-state index in [1.54, 1.807) is 0 Å². The van der Waals surface area contributed by atoms with Crippen molar-refractivity contribution in [3.05, 3.63) is 30.3 Å². The molecule has 1 aromatic carbocycles. The highest BCUT2D eigenvalue weighted by Crippen LogP contribution is 2.32. The molecule has 1 aliphatic rings. The van der Waals surface area contributed by atoms with Gasteiger partial charge in [-0.05, 0) is 43.2 Å². The van der Waals surface area contributed by atoms with Gasteiger partial charge < -0.3 is 15.4 Å². The lowest BCUT2D eigenvalue weighted by atomic mass is 10.0. The molecule has 0 saturated heterocycles. The number of hydrogen-bond acceptors (Lipinski definition) is 3. The largest absolute Gasteiger partial charge is 0.493 e. The van der Waals surface area contributed by atoms with Crippen LogP contribution in [0.15, 0.2) is 30.3 Å². The van der Waals surface area contributed by atoms with E-state index < -0.39 is 0 Å². The van der Waals surface area contributed by atoms with Gasteiger partial charge in [0.25, 0.3) is 0 Å². The topological polar surface area (TPSA) is 67.4 Å². The smallest absolute Gasteiger partial charge is 0.225 e. The molecule has 5 heteroatoms. The fourth-order valence-electron chi connectivity index (χ4n) is 3.34. The zero-order valence-electron chi connectivity index (χ0n) is 15.5. The van der Waals surface area contributed by atoms with E-state index in [1.165, 1.54) is 6.92 Å². The highest BCUT2D eigenvalue weighted by molar-refractivity contribution is 5.81. The van der Waals surface area contributed by atoms with Crippen LogP contribution >= 0.6 is 0 Å². The van der Waals surface area contributed by atoms with Gasteiger partial charge in [-0.1, -0.05) is 32.0 Å². The lowest BCUT2D eigenvalue weighted by Gasteiger charge is -2.19. The van der Waals surface area contributed by atoms with Crippen molar-refractivity contribution < 1.29 is 14.3 Å².